The molecule has 0 saturated carbocycles. The predicted molar refractivity (Wildman–Crippen MR) is 166 cm³/mol. The fourth-order valence-corrected chi connectivity index (χ4v) is 6.24. The number of thioether (sulfide) groups is 1. The third-order valence-corrected chi connectivity index (χ3v) is 8.61. The average Bonchev–Trinajstić information content (AvgIpc) is 3.49. The van der Waals surface area contributed by atoms with Gasteiger partial charge in [-0.3, -0.25) is 4.79 Å². The van der Waals surface area contributed by atoms with Crippen molar-refractivity contribution in [1.82, 2.24) is 10.2 Å². The topological polar surface area (TPSA) is 111 Å². The lowest BCUT2D eigenvalue weighted by atomic mass is 10.1. The van der Waals surface area contributed by atoms with Crippen LogP contribution in [0.3, 0.4) is 0 Å². The Balaban J connectivity index is 1.54. The Morgan fingerprint density at radius 2 is 1.58 bits per heavy atom. The molecule has 5 rings (SSSR count). The van der Waals surface area contributed by atoms with Crippen LogP contribution in [-0.2, 0) is 12.4 Å². The Bertz CT molecular complexity index is 1790. The van der Waals surface area contributed by atoms with Crippen LogP contribution in [0.2, 0.25) is 0 Å². The van der Waals surface area contributed by atoms with Crippen LogP contribution in [0.5, 0.6) is 34.5 Å². The molecule has 3 aromatic carbocycles. The minimum absolute atomic E-state index is 0.00513. The van der Waals surface area contributed by atoms with E-state index in [0.29, 0.717) is 33.6 Å². The highest BCUT2D eigenvalue weighted by Gasteiger charge is 2.25. The van der Waals surface area contributed by atoms with Gasteiger partial charge in [-0.25, -0.2) is 0 Å². The summed E-state index contributed by atoms with van der Waals surface area (Å²) in [5.41, 5.74) is 2.70. The van der Waals surface area contributed by atoms with Gasteiger partial charge in [0.05, 0.1) is 35.5 Å². The second-order valence-electron chi connectivity index (χ2n) is 9.23. The monoisotopic (exact) mass is 622 g/mol. The Morgan fingerprint density at radius 1 is 0.837 bits per heavy atom. The highest BCUT2D eigenvalue weighted by molar-refractivity contribution is 8.00. The highest BCUT2D eigenvalue weighted by Crippen LogP contribution is 2.44. The van der Waals surface area contributed by atoms with E-state index in [1.807, 2.05) is 6.07 Å². The molecule has 0 saturated heterocycles. The van der Waals surface area contributed by atoms with Gasteiger partial charge in [0.25, 0.3) is 0 Å². The van der Waals surface area contributed by atoms with Crippen LogP contribution in [0.1, 0.15) is 16.1 Å². The molecule has 0 fully saturated rings. The van der Waals surface area contributed by atoms with Crippen LogP contribution < -0.4 is 33.8 Å². The van der Waals surface area contributed by atoms with Crippen LogP contribution in [0.4, 0.5) is 0 Å². The number of hydrogen-bond donors (Lipinski definition) is 0. The molecule has 2 heterocycles. The summed E-state index contributed by atoms with van der Waals surface area (Å²) in [6.45, 7) is 2.06. The number of aromatic nitrogens is 2. The number of rotatable bonds is 12. The lowest BCUT2D eigenvalue weighted by Crippen LogP contribution is -2.11. The molecule has 0 N–H and O–H groups in total. The second-order valence-corrected chi connectivity index (χ2v) is 11.5. The molecule has 10 nitrogen and oxygen atoms in total. The molecule has 12 heteroatoms. The second kappa shape index (κ2) is 13.3. The van der Waals surface area contributed by atoms with E-state index in [4.69, 9.17) is 32.8 Å². The van der Waals surface area contributed by atoms with Crippen LogP contribution in [0.15, 0.2) is 62.1 Å². The summed E-state index contributed by atoms with van der Waals surface area (Å²) in [6, 6.07) is 14.9. The molecule has 224 valence electrons. The molecule has 5 aromatic rings. The predicted octanol–water partition coefficient (Wildman–Crippen LogP) is 6.53. The zero-order valence-corrected chi connectivity index (χ0v) is 26.1. The van der Waals surface area contributed by atoms with E-state index < -0.39 is 5.43 Å². The highest BCUT2D eigenvalue weighted by atomic mass is 32.2. The van der Waals surface area contributed by atoms with E-state index in [0.717, 1.165) is 10.1 Å². The fraction of sp³-hybridized carbons (Fsp3) is 0.258. The number of fused-ring (bicyclic) bond motifs is 1. The Morgan fingerprint density at radius 3 is 2.23 bits per heavy atom. The third kappa shape index (κ3) is 6.35. The van der Waals surface area contributed by atoms with E-state index in [2.05, 4.69) is 35.3 Å². The van der Waals surface area contributed by atoms with E-state index in [9.17, 15) is 4.79 Å². The fourth-order valence-electron chi connectivity index (χ4n) is 4.49. The van der Waals surface area contributed by atoms with Crippen molar-refractivity contribution >= 4 is 34.1 Å². The van der Waals surface area contributed by atoms with Crippen molar-refractivity contribution in [2.45, 2.75) is 23.6 Å². The summed E-state index contributed by atoms with van der Waals surface area (Å²) in [7, 11) is 7.52. The van der Waals surface area contributed by atoms with Gasteiger partial charge in [-0.2, -0.15) is 0 Å². The molecule has 0 atom stereocenters. The quantitative estimate of drug-likeness (QED) is 0.142. The molecule has 0 radical (unpaired) electrons. The lowest BCUT2D eigenvalue weighted by molar-refractivity contribution is 0.295. The Kier molecular flexibility index (Phi) is 9.27. The molecule has 2 aromatic heterocycles. The summed E-state index contributed by atoms with van der Waals surface area (Å²) >= 11 is 2.99. The minimum atomic E-state index is -0.428. The molecular formula is C31H30N2O8S2. The van der Waals surface area contributed by atoms with Gasteiger partial charge in [-0.15, -0.1) is 10.2 Å². The van der Waals surface area contributed by atoms with Crippen LogP contribution in [-0.4, -0.2) is 45.7 Å². The van der Waals surface area contributed by atoms with Gasteiger partial charge in [0.1, 0.15) is 29.1 Å². The van der Waals surface area contributed by atoms with Gasteiger partial charge in [0.15, 0.2) is 26.6 Å². The summed E-state index contributed by atoms with van der Waals surface area (Å²) in [5, 5.41) is 9.39. The van der Waals surface area contributed by atoms with Gasteiger partial charge >= 0.3 is 0 Å². The molecule has 0 unspecified atom stereocenters. The average molecular weight is 623 g/mol. The maximum absolute atomic E-state index is 14.0. The standard InChI is InChI=1S/C31H30N2O8S2/c1-17-8-7-9-18(10-17)16-42-31-33-32-25(43-31)15-40-30-27(34)26-21(36-3)13-20(35-2)14-22(26)41-28(30)19-11-23(37-4)29(39-6)24(12-19)38-5/h7-14H,15-16H2,1-6H3. The zero-order chi connectivity index (χ0) is 30.5. The number of aryl methyl sites for hydroxylation is 1. The third-order valence-electron chi connectivity index (χ3n) is 6.51. The molecule has 0 aliphatic rings. The van der Waals surface area contributed by atoms with Crippen molar-refractivity contribution < 1.29 is 32.8 Å². The van der Waals surface area contributed by atoms with Crippen molar-refractivity contribution in [2.24, 2.45) is 0 Å². The molecule has 0 aliphatic carbocycles. The van der Waals surface area contributed by atoms with Gasteiger partial charge in [0, 0.05) is 23.4 Å². The molecule has 0 bridgehead atoms. The zero-order valence-electron chi connectivity index (χ0n) is 24.5. The van der Waals surface area contributed by atoms with Gasteiger partial charge in [-0.1, -0.05) is 52.9 Å². The van der Waals surface area contributed by atoms with E-state index in [1.54, 1.807) is 36.0 Å². The summed E-state index contributed by atoms with van der Waals surface area (Å²) < 4.78 is 40.8. The normalized spacial score (nSPS) is 10.9. The number of nitrogens with zero attached hydrogens (tertiary/aromatic N) is 2. The number of benzene rings is 3. The maximum Gasteiger partial charge on any atom is 0.239 e. The van der Waals surface area contributed by atoms with E-state index in [1.165, 1.54) is 58.0 Å². The van der Waals surface area contributed by atoms with E-state index >= 15 is 0 Å². The van der Waals surface area contributed by atoms with Gasteiger partial charge < -0.3 is 32.8 Å². The van der Waals surface area contributed by atoms with Gasteiger partial charge in [0.2, 0.25) is 16.9 Å². The summed E-state index contributed by atoms with van der Waals surface area (Å²) in [4.78, 5) is 14.0. The molecule has 0 amide bonds. The largest absolute Gasteiger partial charge is 0.496 e. The first-order valence-electron chi connectivity index (χ1n) is 13.1. The van der Waals surface area contributed by atoms with Crippen molar-refractivity contribution in [3.63, 3.8) is 0 Å². The van der Waals surface area contributed by atoms with Crippen molar-refractivity contribution in [2.75, 3.05) is 35.5 Å². The summed E-state index contributed by atoms with van der Waals surface area (Å²) in [6.07, 6.45) is 0. The first kappa shape index (κ1) is 30.1. The van der Waals surface area contributed by atoms with Crippen molar-refractivity contribution in [3.05, 3.63) is 74.9 Å². The van der Waals surface area contributed by atoms with Crippen LogP contribution >= 0.6 is 23.1 Å². The molecule has 43 heavy (non-hydrogen) atoms. The Labute approximate surface area is 256 Å². The number of hydrogen-bond acceptors (Lipinski definition) is 12. The first-order chi connectivity index (χ1) is 20.9. The lowest BCUT2D eigenvalue weighted by Gasteiger charge is -2.16. The first-order valence-corrected chi connectivity index (χ1v) is 14.9. The molecular weight excluding hydrogens is 592 g/mol. The van der Waals surface area contributed by atoms with Crippen molar-refractivity contribution in [1.29, 1.82) is 0 Å². The van der Waals surface area contributed by atoms with E-state index in [-0.39, 0.29) is 34.8 Å². The minimum Gasteiger partial charge on any atom is -0.496 e. The smallest absolute Gasteiger partial charge is 0.239 e. The number of methoxy groups -OCH3 is 5. The van der Waals surface area contributed by atoms with Crippen molar-refractivity contribution in [3.8, 4) is 45.8 Å². The SMILES string of the molecule is COc1cc(OC)c2c(=O)c(OCc3nnc(SCc4cccc(C)c4)s3)c(-c3cc(OC)c(OC)c(OC)c3)oc2c1. The number of ether oxygens (including phenoxy) is 6. The van der Waals surface area contributed by atoms with Crippen LogP contribution in [0.25, 0.3) is 22.3 Å². The molecule has 0 spiro atoms. The molecule has 0 aliphatic heterocycles. The maximum atomic E-state index is 14.0. The Hall–Kier alpha value is -4.42. The van der Waals surface area contributed by atoms with Crippen LogP contribution in [0, 0.1) is 6.92 Å². The van der Waals surface area contributed by atoms with Gasteiger partial charge in [-0.05, 0) is 24.6 Å². The summed E-state index contributed by atoms with van der Waals surface area (Å²) in [5.74, 6) is 2.80.